The van der Waals surface area contributed by atoms with E-state index < -0.39 is 0 Å². The molecule has 22 heavy (non-hydrogen) atoms. The number of carbonyl (C=O) groups excluding carboxylic acids is 2. The first-order valence-electron chi connectivity index (χ1n) is 6.90. The van der Waals surface area contributed by atoms with Crippen molar-refractivity contribution in [1.82, 2.24) is 15.6 Å². The third-order valence-electron chi connectivity index (χ3n) is 2.93. The zero-order chi connectivity index (χ0) is 15.8. The summed E-state index contributed by atoms with van der Waals surface area (Å²) in [5.41, 5.74) is 2.76. The summed E-state index contributed by atoms with van der Waals surface area (Å²) in [5, 5.41) is 7.83. The molecule has 0 aliphatic heterocycles. The van der Waals surface area contributed by atoms with Crippen molar-refractivity contribution in [3.05, 3.63) is 59.9 Å². The molecule has 2 rings (SSSR count). The molecule has 0 radical (unpaired) electrons. The summed E-state index contributed by atoms with van der Waals surface area (Å²) in [4.78, 5) is 27.2. The van der Waals surface area contributed by atoms with Crippen molar-refractivity contribution in [1.29, 1.82) is 0 Å². The molecule has 6 heteroatoms. The van der Waals surface area contributed by atoms with Crippen LogP contribution in [-0.2, 0) is 11.3 Å². The van der Waals surface area contributed by atoms with Crippen LogP contribution in [0, 0.1) is 6.92 Å². The van der Waals surface area contributed by atoms with Gasteiger partial charge in [-0.15, -0.1) is 0 Å². The highest BCUT2D eigenvalue weighted by molar-refractivity contribution is 5.94. The van der Waals surface area contributed by atoms with Crippen LogP contribution in [0.3, 0.4) is 0 Å². The van der Waals surface area contributed by atoms with E-state index in [9.17, 15) is 9.59 Å². The van der Waals surface area contributed by atoms with Crippen molar-refractivity contribution >= 4 is 17.6 Å². The Labute approximate surface area is 129 Å². The number of aromatic nitrogens is 1. The van der Waals surface area contributed by atoms with Gasteiger partial charge in [0.05, 0.1) is 18.4 Å². The lowest BCUT2D eigenvalue weighted by molar-refractivity contribution is -0.115. The predicted octanol–water partition coefficient (Wildman–Crippen LogP) is 1.83. The number of amides is 3. The fourth-order valence-corrected chi connectivity index (χ4v) is 1.75. The van der Waals surface area contributed by atoms with Crippen molar-refractivity contribution in [2.45, 2.75) is 13.5 Å². The zero-order valence-electron chi connectivity index (χ0n) is 12.3. The molecule has 0 saturated carbocycles. The van der Waals surface area contributed by atoms with Crippen LogP contribution in [0.1, 0.15) is 11.1 Å². The van der Waals surface area contributed by atoms with E-state index in [-0.39, 0.29) is 18.5 Å². The molecule has 114 valence electrons. The Hall–Kier alpha value is -2.89. The number of anilines is 1. The molecule has 1 aromatic heterocycles. The Morgan fingerprint density at radius 2 is 1.86 bits per heavy atom. The summed E-state index contributed by atoms with van der Waals surface area (Å²) < 4.78 is 0. The van der Waals surface area contributed by atoms with Crippen LogP contribution in [-0.4, -0.2) is 23.5 Å². The molecule has 0 aliphatic rings. The largest absolute Gasteiger partial charge is 0.334 e. The van der Waals surface area contributed by atoms with Gasteiger partial charge < -0.3 is 16.0 Å². The van der Waals surface area contributed by atoms with Crippen molar-refractivity contribution in [3.8, 4) is 0 Å². The number of nitrogens with one attached hydrogen (secondary N) is 3. The van der Waals surface area contributed by atoms with Crippen molar-refractivity contribution < 1.29 is 9.59 Å². The van der Waals surface area contributed by atoms with Gasteiger partial charge >= 0.3 is 6.03 Å². The Bertz CT molecular complexity index is 626. The SMILES string of the molecule is Cc1ccc(CNC(=O)NCC(=O)Nc2cccnc2)cc1. The molecule has 0 atom stereocenters. The number of nitrogens with zero attached hydrogens (tertiary/aromatic N) is 1. The molecule has 1 aromatic carbocycles. The van der Waals surface area contributed by atoms with E-state index in [1.165, 1.54) is 11.8 Å². The van der Waals surface area contributed by atoms with Gasteiger partial charge in [-0.3, -0.25) is 9.78 Å². The van der Waals surface area contributed by atoms with E-state index in [1.807, 2.05) is 31.2 Å². The minimum absolute atomic E-state index is 0.103. The number of carbonyl (C=O) groups is 2. The Morgan fingerprint density at radius 1 is 1.09 bits per heavy atom. The molecule has 3 N–H and O–H groups in total. The second-order valence-electron chi connectivity index (χ2n) is 4.81. The van der Waals surface area contributed by atoms with Gasteiger partial charge in [0.25, 0.3) is 0 Å². The van der Waals surface area contributed by atoms with E-state index in [1.54, 1.807) is 18.3 Å². The molecule has 3 amide bonds. The highest BCUT2D eigenvalue weighted by Crippen LogP contribution is 2.02. The van der Waals surface area contributed by atoms with Crippen LogP contribution in [0.25, 0.3) is 0 Å². The van der Waals surface area contributed by atoms with E-state index in [2.05, 4.69) is 20.9 Å². The normalized spacial score (nSPS) is 9.86. The van der Waals surface area contributed by atoms with Crippen LogP contribution in [0.4, 0.5) is 10.5 Å². The lowest BCUT2D eigenvalue weighted by Crippen LogP contribution is -2.39. The van der Waals surface area contributed by atoms with Gasteiger partial charge in [0, 0.05) is 12.7 Å². The van der Waals surface area contributed by atoms with Crippen molar-refractivity contribution in [3.63, 3.8) is 0 Å². The summed E-state index contributed by atoms with van der Waals surface area (Å²) >= 11 is 0. The second-order valence-corrected chi connectivity index (χ2v) is 4.81. The van der Waals surface area contributed by atoms with Crippen LogP contribution in [0.2, 0.25) is 0 Å². The molecular weight excluding hydrogens is 280 g/mol. The number of hydrogen-bond acceptors (Lipinski definition) is 3. The summed E-state index contributed by atoms with van der Waals surface area (Å²) in [6.07, 6.45) is 3.15. The number of pyridine rings is 1. The van der Waals surface area contributed by atoms with E-state index in [0.717, 1.165) is 5.56 Å². The Kier molecular flexibility index (Phi) is 5.48. The van der Waals surface area contributed by atoms with Gasteiger partial charge in [-0.1, -0.05) is 29.8 Å². The van der Waals surface area contributed by atoms with Crippen LogP contribution >= 0.6 is 0 Å². The van der Waals surface area contributed by atoms with Crippen LogP contribution in [0.5, 0.6) is 0 Å². The van der Waals surface area contributed by atoms with Crippen molar-refractivity contribution in [2.75, 3.05) is 11.9 Å². The molecule has 0 saturated heterocycles. The van der Waals surface area contributed by atoms with Gasteiger partial charge in [0.1, 0.15) is 0 Å². The first-order chi connectivity index (χ1) is 10.6. The number of rotatable bonds is 5. The topological polar surface area (TPSA) is 83.1 Å². The minimum atomic E-state index is -0.387. The molecule has 0 unspecified atom stereocenters. The summed E-state index contributed by atoms with van der Waals surface area (Å²) in [6.45, 7) is 2.32. The fourth-order valence-electron chi connectivity index (χ4n) is 1.75. The smallest absolute Gasteiger partial charge is 0.315 e. The minimum Gasteiger partial charge on any atom is -0.334 e. The standard InChI is InChI=1S/C16H18N4O2/c1-12-4-6-13(7-5-12)9-18-16(22)19-11-15(21)20-14-3-2-8-17-10-14/h2-8,10H,9,11H2,1H3,(H,20,21)(H2,18,19,22). The molecule has 0 aliphatic carbocycles. The van der Waals surface area contributed by atoms with E-state index in [0.29, 0.717) is 12.2 Å². The average Bonchev–Trinajstić information content (AvgIpc) is 2.53. The molecule has 0 spiro atoms. The number of benzene rings is 1. The molecule has 2 aromatic rings. The second kappa shape index (κ2) is 7.78. The summed E-state index contributed by atoms with van der Waals surface area (Å²) in [5.74, 6) is -0.307. The molecule has 6 nitrogen and oxygen atoms in total. The lowest BCUT2D eigenvalue weighted by Gasteiger charge is -2.08. The number of hydrogen-bond donors (Lipinski definition) is 3. The van der Waals surface area contributed by atoms with E-state index >= 15 is 0 Å². The molecule has 1 heterocycles. The number of aryl methyl sites for hydroxylation is 1. The Morgan fingerprint density at radius 3 is 2.55 bits per heavy atom. The van der Waals surface area contributed by atoms with Gasteiger partial charge in [-0.2, -0.15) is 0 Å². The monoisotopic (exact) mass is 298 g/mol. The van der Waals surface area contributed by atoms with Gasteiger partial charge in [0.2, 0.25) is 5.91 Å². The quantitative estimate of drug-likeness (QED) is 0.787. The lowest BCUT2D eigenvalue weighted by atomic mass is 10.1. The third-order valence-corrected chi connectivity index (χ3v) is 2.93. The maximum atomic E-state index is 11.6. The zero-order valence-corrected chi connectivity index (χ0v) is 12.3. The van der Waals surface area contributed by atoms with Crippen LogP contribution < -0.4 is 16.0 Å². The molecule has 0 bridgehead atoms. The first kappa shape index (κ1) is 15.5. The predicted molar refractivity (Wildman–Crippen MR) is 84.3 cm³/mol. The highest BCUT2D eigenvalue weighted by atomic mass is 16.2. The van der Waals surface area contributed by atoms with Gasteiger partial charge in [0.15, 0.2) is 0 Å². The molecular formula is C16H18N4O2. The maximum Gasteiger partial charge on any atom is 0.315 e. The maximum absolute atomic E-state index is 11.6. The fraction of sp³-hybridized carbons (Fsp3) is 0.188. The van der Waals surface area contributed by atoms with Gasteiger partial charge in [-0.05, 0) is 24.6 Å². The summed E-state index contributed by atoms with van der Waals surface area (Å²) in [6, 6.07) is 10.9. The number of urea groups is 1. The first-order valence-corrected chi connectivity index (χ1v) is 6.90. The van der Waals surface area contributed by atoms with Gasteiger partial charge in [-0.25, -0.2) is 4.79 Å². The third kappa shape index (κ3) is 5.24. The van der Waals surface area contributed by atoms with E-state index in [4.69, 9.17) is 0 Å². The van der Waals surface area contributed by atoms with Crippen molar-refractivity contribution in [2.24, 2.45) is 0 Å². The summed E-state index contributed by atoms with van der Waals surface area (Å²) in [7, 11) is 0. The van der Waals surface area contributed by atoms with Crippen LogP contribution in [0.15, 0.2) is 48.8 Å². The average molecular weight is 298 g/mol. The Balaban J connectivity index is 1.69. The molecule has 0 fully saturated rings. The highest BCUT2D eigenvalue weighted by Gasteiger charge is 2.05.